The average molecular weight is 204 g/mol. The molecule has 0 spiro atoms. The number of allylic oxidation sites excluding steroid dienone is 3. The Morgan fingerprint density at radius 3 is 2.67 bits per heavy atom. The zero-order valence-corrected chi connectivity index (χ0v) is 10.5. The van der Waals surface area contributed by atoms with Gasteiger partial charge in [-0.1, -0.05) is 30.2 Å². The maximum Gasteiger partial charge on any atom is -0.0195 e. The van der Waals surface area contributed by atoms with Crippen LogP contribution in [0.25, 0.3) is 0 Å². The standard InChI is InChI=1S/C15H24/c1-10(2)13-7-8-15-12(4)11(3)5-6-14(15)9-13/h11,13-14H,1,5-9H2,2-4H3. The third-order valence-corrected chi connectivity index (χ3v) is 4.71. The van der Waals surface area contributed by atoms with Crippen molar-refractivity contribution in [2.75, 3.05) is 0 Å². The van der Waals surface area contributed by atoms with Crippen LogP contribution in [0.1, 0.15) is 52.9 Å². The van der Waals surface area contributed by atoms with E-state index in [4.69, 9.17) is 0 Å². The number of rotatable bonds is 1. The van der Waals surface area contributed by atoms with E-state index in [1.165, 1.54) is 37.7 Å². The molecule has 2 aliphatic rings. The van der Waals surface area contributed by atoms with Gasteiger partial charge in [-0.15, -0.1) is 0 Å². The van der Waals surface area contributed by atoms with Crippen LogP contribution in [0.2, 0.25) is 0 Å². The van der Waals surface area contributed by atoms with Gasteiger partial charge in [-0.25, -0.2) is 0 Å². The summed E-state index contributed by atoms with van der Waals surface area (Å²) < 4.78 is 0. The molecule has 0 N–H and O–H groups in total. The second kappa shape index (κ2) is 4.15. The van der Waals surface area contributed by atoms with Crippen LogP contribution in [0.15, 0.2) is 23.3 Å². The van der Waals surface area contributed by atoms with Crippen molar-refractivity contribution in [2.24, 2.45) is 17.8 Å². The summed E-state index contributed by atoms with van der Waals surface area (Å²) in [5.41, 5.74) is 4.93. The molecular weight excluding hydrogens is 180 g/mol. The number of hydrogen-bond acceptors (Lipinski definition) is 0. The zero-order valence-electron chi connectivity index (χ0n) is 10.5. The van der Waals surface area contributed by atoms with E-state index in [1.807, 2.05) is 5.57 Å². The van der Waals surface area contributed by atoms with Gasteiger partial charge in [0.1, 0.15) is 0 Å². The lowest BCUT2D eigenvalue weighted by molar-refractivity contribution is 0.310. The van der Waals surface area contributed by atoms with Gasteiger partial charge in [0.05, 0.1) is 0 Å². The summed E-state index contributed by atoms with van der Waals surface area (Å²) in [7, 11) is 0. The molecule has 1 saturated carbocycles. The maximum absolute atomic E-state index is 4.13. The molecule has 0 aromatic carbocycles. The summed E-state index contributed by atoms with van der Waals surface area (Å²) in [6.07, 6.45) is 6.92. The van der Waals surface area contributed by atoms with Gasteiger partial charge >= 0.3 is 0 Å². The minimum absolute atomic E-state index is 0.806. The maximum atomic E-state index is 4.13. The summed E-state index contributed by atoms with van der Waals surface area (Å²) in [4.78, 5) is 0. The minimum atomic E-state index is 0.806. The summed E-state index contributed by atoms with van der Waals surface area (Å²) in [6, 6.07) is 0. The summed E-state index contributed by atoms with van der Waals surface area (Å²) in [6.45, 7) is 11.1. The van der Waals surface area contributed by atoms with Crippen LogP contribution in [0, 0.1) is 17.8 Å². The second-order valence-electron chi connectivity index (χ2n) is 5.70. The van der Waals surface area contributed by atoms with Gasteiger partial charge in [-0.05, 0) is 63.7 Å². The van der Waals surface area contributed by atoms with E-state index in [2.05, 4.69) is 27.4 Å². The van der Waals surface area contributed by atoms with E-state index in [0.29, 0.717) is 0 Å². The Balaban J connectivity index is 2.15. The lowest BCUT2D eigenvalue weighted by Crippen LogP contribution is -2.24. The predicted molar refractivity (Wildman–Crippen MR) is 66.7 cm³/mol. The highest BCUT2D eigenvalue weighted by atomic mass is 14.4. The van der Waals surface area contributed by atoms with Crippen LogP contribution in [0.4, 0.5) is 0 Å². The fourth-order valence-corrected chi connectivity index (χ4v) is 3.38. The lowest BCUT2D eigenvalue weighted by atomic mass is 9.67. The molecular formula is C15H24. The van der Waals surface area contributed by atoms with Crippen molar-refractivity contribution < 1.29 is 0 Å². The van der Waals surface area contributed by atoms with Gasteiger partial charge in [-0.2, -0.15) is 0 Å². The predicted octanol–water partition coefficient (Wildman–Crippen LogP) is 4.73. The zero-order chi connectivity index (χ0) is 11.0. The first kappa shape index (κ1) is 11.0. The minimum Gasteiger partial charge on any atom is -0.0999 e. The molecule has 0 aromatic rings. The molecule has 3 unspecified atom stereocenters. The summed E-state index contributed by atoms with van der Waals surface area (Å²) in [5.74, 6) is 2.55. The van der Waals surface area contributed by atoms with Crippen LogP contribution in [0.3, 0.4) is 0 Å². The molecule has 2 rings (SSSR count). The van der Waals surface area contributed by atoms with Gasteiger partial charge < -0.3 is 0 Å². The quantitative estimate of drug-likeness (QED) is 0.542. The van der Waals surface area contributed by atoms with Gasteiger partial charge in [0.15, 0.2) is 0 Å². The Morgan fingerprint density at radius 2 is 2.00 bits per heavy atom. The van der Waals surface area contributed by atoms with Crippen LogP contribution < -0.4 is 0 Å². The third-order valence-electron chi connectivity index (χ3n) is 4.71. The highest BCUT2D eigenvalue weighted by molar-refractivity contribution is 5.23. The summed E-state index contributed by atoms with van der Waals surface area (Å²) in [5, 5.41) is 0. The SMILES string of the molecule is C=C(C)C1CCC2=C(C)C(C)CCC2C1. The van der Waals surface area contributed by atoms with Gasteiger partial charge in [0.2, 0.25) is 0 Å². The Kier molecular flexibility index (Phi) is 3.04. The van der Waals surface area contributed by atoms with Crippen molar-refractivity contribution in [2.45, 2.75) is 52.9 Å². The monoisotopic (exact) mass is 204 g/mol. The average Bonchev–Trinajstić information content (AvgIpc) is 2.23. The molecule has 0 bridgehead atoms. The van der Waals surface area contributed by atoms with Crippen molar-refractivity contribution in [3.63, 3.8) is 0 Å². The highest BCUT2D eigenvalue weighted by Crippen LogP contribution is 2.45. The molecule has 0 aromatic heterocycles. The Bertz CT molecular complexity index is 295. The van der Waals surface area contributed by atoms with Crippen LogP contribution >= 0.6 is 0 Å². The molecule has 2 aliphatic carbocycles. The molecule has 0 amide bonds. The molecule has 1 fully saturated rings. The van der Waals surface area contributed by atoms with Crippen LogP contribution in [0.5, 0.6) is 0 Å². The molecule has 84 valence electrons. The fraction of sp³-hybridized carbons (Fsp3) is 0.733. The van der Waals surface area contributed by atoms with Crippen molar-refractivity contribution >= 4 is 0 Å². The van der Waals surface area contributed by atoms with Gasteiger partial charge in [-0.3, -0.25) is 0 Å². The first-order valence-corrected chi connectivity index (χ1v) is 6.44. The van der Waals surface area contributed by atoms with E-state index < -0.39 is 0 Å². The van der Waals surface area contributed by atoms with Crippen molar-refractivity contribution in [1.82, 2.24) is 0 Å². The van der Waals surface area contributed by atoms with Crippen LogP contribution in [-0.4, -0.2) is 0 Å². The highest BCUT2D eigenvalue weighted by Gasteiger charge is 2.31. The molecule has 0 nitrogen and oxygen atoms in total. The van der Waals surface area contributed by atoms with Crippen molar-refractivity contribution in [3.8, 4) is 0 Å². The van der Waals surface area contributed by atoms with Gasteiger partial charge in [0.25, 0.3) is 0 Å². The number of fused-ring (bicyclic) bond motifs is 1. The van der Waals surface area contributed by atoms with E-state index in [-0.39, 0.29) is 0 Å². The molecule has 0 aliphatic heterocycles. The molecule has 15 heavy (non-hydrogen) atoms. The molecule has 0 saturated heterocycles. The third kappa shape index (κ3) is 2.04. The normalized spacial score (nSPS) is 36.3. The fourth-order valence-electron chi connectivity index (χ4n) is 3.38. The first-order chi connectivity index (χ1) is 7.09. The van der Waals surface area contributed by atoms with Gasteiger partial charge in [0, 0.05) is 0 Å². The first-order valence-electron chi connectivity index (χ1n) is 6.44. The van der Waals surface area contributed by atoms with E-state index in [9.17, 15) is 0 Å². The van der Waals surface area contributed by atoms with E-state index >= 15 is 0 Å². The summed E-state index contributed by atoms with van der Waals surface area (Å²) >= 11 is 0. The second-order valence-corrected chi connectivity index (χ2v) is 5.70. The molecule has 0 heteroatoms. The smallest absolute Gasteiger partial charge is 0.0195 e. The molecule has 3 atom stereocenters. The van der Waals surface area contributed by atoms with Crippen LogP contribution in [-0.2, 0) is 0 Å². The Labute approximate surface area is 94.5 Å². The van der Waals surface area contributed by atoms with E-state index in [1.54, 1.807) is 5.57 Å². The lowest BCUT2D eigenvalue weighted by Gasteiger charge is -2.38. The van der Waals surface area contributed by atoms with Crippen molar-refractivity contribution in [3.05, 3.63) is 23.3 Å². The topological polar surface area (TPSA) is 0 Å². The molecule has 0 heterocycles. The van der Waals surface area contributed by atoms with E-state index in [0.717, 1.165) is 17.8 Å². The number of hydrogen-bond donors (Lipinski definition) is 0. The largest absolute Gasteiger partial charge is 0.0999 e. The molecule has 0 radical (unpaired) electrons. The van der Waals surface area contributed by atoms with Crippen molar-refractivity contribution in [1.29, 1.82) is 0 Å². The Hall–Kier alpha value is -0.520. The Morgan fingerprint density at radius 1 is 1.27 bits per heavy atom.